The lowest BCUT2D eigenvalue weighted by atomic mass is 9.94. The molecule has 2 rings (SSSR count). The molecule has 0 bridgehead atoms. The highest BCUT2D eigenvalue weighted by molar-refractivity contribution is 5.81. The monoisotopic (exact) mass is 303 g/mol. The smallest absolute Gasteiger partial charge is 0.263 e. The minimum atomic E-state index is -0.438. The van der Waals surface area contributed by atoms with E-state index >= 15 is 0 Å². The first-order valence-corrected chi connectivity index (χ1v) is 8.41. The van der Waals surface area contributed by atoms with Crippen molar-refractivity contribution in [1.82, 2.24) is 4.90 Å². The normalized spacial score (nSPS) is 17.1. The van der Waals surface area contributed by atoms with Crippen LogP contribution >= 0.6 is 0 Å². The Morgan fingerprint density at radius 1 is 1.18 bits per heavy atom. The minimum Gasteiger partial charge on any atom is -0.481 e. The van der Waals surface area contributed by atoms with Crippen LogP contribution in [0.4, 0.5) is 0 Å². The maximum Gasteiger partial charge on any atom is 0.263 e. The van der Waals surface area contributed by atoms with Crippen molar-refractivity contribution in [3.63, 3.8) is 0 Å². The number of hydrogen-bond acceptors (Lipinski definition) is 2. The van der Waals surface area contributed by atoms with Crippen molar-refractivity contribution in [3.8, 4) is 5.75 Å². The largest absolute Gasteiger partial charge is 0.481 e. The standard InChI is InChI=1S/C19H29NO2/c1-13-11-14(2)15(3)18(12-13)22-16(4)19(21)20(5)17-9-7-6-8-10-17/h11-12,16-17H,6-10H2,1-5H3/t16-/m1/s1. The Labute approximate surface area is 134 Å². The first kappa shape index (κ1) is 16.9. The third-order valence-electron chi connectivity index (χ3n) is 4.89. The van der Waals surface area contributed by atoms with Gasteiger partial charge < -0.3 is 9.64 Å². The molecule has 1 atom stereocenters. The molecule has 0 aliphatic heterocycles. The van der Waals surface area contributed by atoms with Crippen LogP contribution in [0.3, 0.4) is 0 Å². The first-order valence-electron chi connectivity index (χ1n) is 8.41. The van der Waals surface area contributed by atoms with Crippen LogP contribution in [0.25, 0.3) is 0 Å². The molecule has 1 aromatic carbocycles. The number of benzene rings is 1. The van der Waals surface area contributed by atoms with Crippen molar-refractivity contribution in [3.05, 3.63) is 28.8 Å². The van der Waals surface area contributed by atoms with Crippen LogP contribution in [0, 0.1) is 20.8 Å². The minimum absolute atomic E-state index is 0.0884. The van der Waals surface area contributed by atoms with E-state index in [0.29, 0.717) is 6.04 Å². The van der Waals surface area contributed by atoms with Crippen LogP contribution in [-0.4, -0.2) is 30.0 Å². The van der Waals surface area contributed by atoms with Crippen molar-refractivity contribution in [1.29, 1.82) is 0 Å². The molecule has 1 aromatic rings. The molecular weight excluding hydrogens is 274 g/mol. The number of likely N-dealkylation sites (N-methyl/N-ethyl adjacent to an activating group) is 1. The number of hydrogen-bond donors (Lipinski definition) is 0. The van der Waals surface area contributed by atoms with Gasteiger partial charge in [-0.1, -0.05) is 25.3 Å². The molecule has 1 aliphatic rings. The second-order valence-corrected chi connectivity index (χ2v) is 6.71. The molecule has 0 N–H and O–H groups in total. The number of amides is 1. The highest BCUT2D eigenvalue weighted by Gasteiger charge is 2.26. The molecule has 22 heavy (non-hydrogen) atoms. The van der Waals surface area contributed by atoms with E-state index in [1.165, 1.54) is 30.4 Å². The highest BCUT2D eigenvalue weighted by Crippen LogP contribution is 2.26. The summed E-state index contributed by atoms with van der Waals surface area (Å²) in [7, 11) is 1.92. The molecule has 0 spiro atoms. The third kappa shape index (κ3) is 3.82. The van der Waals surface area contributed by atoms with E-state index in [0.717, 1.165) is 24.2 Å². The van der Waals surface area contributed by atoms with E-state index in [4.69, 9.17) is 4.74 Å². The molecule has 1 amide bonds. The predicted octanol–water partition coefficient (Wildman–Crippen LogP) is 4.17. The van der Waals surface area contributed by atoms with Crippen molar-refractivity contribution in [2.45, 2.75) is 71.9 Å². The van der Waals surface area contributed by atoms with Gasteiger partial charge in [0.2, 0.25) is 0 Å². The molecule has 1 fully saturated rings. The summed E-state index contributed by atoms with van der Waals surface area (Å²) >= 11 is 0. The van der Waals surface area contributed by atoms with Gasteiger partial charge in [-0.15, -0.1) is 0 Å². The van der Waals surface area contributed by atoms with E-state index in [1.807, 2.05) is 31.9 Å². The second-order valence-electron chi connectivity index (χ2n) is 6.71. The fourth-order valence-electron chi connectivity index (χ4n) is 3.30. The summed E-state index contributed by atoms with van der Waals surface area (Å²) in [6, 6.07) is 4.54. The summed E-state index contributed by atoms with van der Waals surface area (Å²) < 4.78 is 5.99. The Morgan fingerprint density at radius 2 is 1.82 bits per heavy atom. The zero-order valence-electron chi connectivity index (χ0n) is 14.6. The molecule has 3 heteroatoms. The molecule has 0 unspecified atom stereocenters. The Hall–Kier alpha value is -1.51. The van der Waals surface area contributed by atoms with E-state index in [9.17, 15) is 4.79 Å². The van der Waals surface area contributed by atoms with Gasteiger partial charge in [-0.3, -0.25) is 4.79 Å². The zero-order valence-corrected chi connectivity index (χ0v) is 14.6. The fourth-order valence-corrected chi connectivity index (χ4v) is 3.30. The Bertz CT molecular complexity index is 532. The van der Waals surface area contributed by atoms with Gasteiger partial charge in [0, 0.05) is 13.1 Å². The molecule has 0 aromatic heterocycles. The number of nitrogens with zero attached hydrogens (tertiary/aromatic N) is 1. The summed E-state index contributed by atoms with van der Waals surface area (Å²) in [6.07, 6.45) is 5.56. The quantitative estimate of drug-likeness (QED) is 0.835. The van der Waals surface area contributed by atoms with Gasteiger partial charge in [-0.25, -0.2) is 0 Å². The number of rotatable bonds is 4. The molecule has 0 saturated heterocycles. The predicted molar refractivity (Wildman–Crippen MR) is 90.4 cm³/mol. The van der Waals surface area contributed by atoms with Crippen LogP contribution in [0.1, 0.15) is 55.7 Å². The second kappa shape index (κ2) is 7.17. The molecule has 3 nitrogen and oxygen atoms in total. The highest BCUT2D eigenvalue weighted by atomic mass is 16.5. The fraction of sp³-hybridized carbons (Fsp3) is 0.632. The van der Waals surface area contributed by atoms with Crippen LogP contribution < -0.4 is 4.74 Å². The maximum absolute atomic E-state index is 12.6. The van der Waals surface area contributed by atoms with Crippen LogP contribution in [0.2, 0.25) is 0 Å². The maximum atomic E-state index is 12.6. The van der Waals surface area contributed by atoms with Crippen LogP contribution in [-0.2, 0) is 4.79 Å². The van der Waals surface area contributed by atoms with Crippen molar-refractivity contribution in [2.24, 2.45) is 0 Å². The number of aryl methyl sites for hydroxylation is 2. The van der Waals surface area contributed by atoms with Crippen molar-refractivity contribution in [2.75, 3.05) is 7.05 Å². The summed E-state index contributed by atoms with van der Waals surface area (Å²) in [6.45, 7) is 8.04. The summed E-state index contributed by atoms with van der Waals surface area (Å²) in [4.78, 5) is 14.5. The van der Waals surface area contributed by atoms with Crippen LogP contribution in [0.15, 0.2) is 12.1 Å². The Morgan fingerprint density at radius 3 is 2.45 bits per heavy atom. The first-order chi connectivity index (χ1) is 10.4. The van der Waals surface area contributed by atoms with E-state index in [1.54, 1.807) is 0 Å². The molecule has 0 heterocycles. The van der Waals surface area contributed by atoms with Gasteiger partial charge in [0.05, 0.1) is 0 Å². The lowest BCUT2D eigenvalue weighted by Crippen LogP contribution is -2.44. The van der Waals surface area contributed by atoms with E-state index in [-0.39, 0.29) is 5.91 Å². The molecule has 0 radical (unpaired) electrons. The van der Waals surface area contributed by atoms with Gasteiger partial charge in [-0.2, -0.15) is 0 Å². The lowest BCUT2D eigenvalue weighted by Gasteiger charge is -2.33. The van der Waals surface area contributed by atoms with Crippen molar-refractivity contribution < 1.29 is 9.53 Å². The summed E-state index contributed by atoms with van der Waals surface area (Å²) in [5, 5.41) is 0. The Balaban J connectivity index is 2.05. The van der Waals surface area contributed by atoms with E-state index in [2.05, 4.69) is 19.9 Å². The van der Waals surface area contributed by atoms with Gasteiger partial charge in [0.15, 0.2) is 6.10 Å². The average Bonchev–Trinajstić information content (AvgIpc) is 2.51. The lowest BCUT2D eigenvalue weighted by molar-refractivity contribution is -0.139. The van der Waals surface area contributed by atoms with E-state index < -0.39 is 6.10 Å². The van der Waals surface area contributed by atoms with Crippen molar-refractivity contribution >= 4 is 5.91 Å². The summed E-state index contributed by atoms with van der Waals surface area (Å²) in [5.41, 5.74) is 3.49. The average molecular weight is 303 g/mol. The third-order valence-corrected chi connectivity index (χ3v) is 4.89. The summed E-state index contributed by atoms with van der Waals surface area (Å²) in [5.74, 6) is 0.917. The van der Waals surface area contributed by atoms with Gasteiger partial charge in [0.25, 0.3) is 5.91 Å². The SMILES string of the molecule is Cc1cc(C)c(C)c(O[C@H](C)C(=O)N(C)C2CCCCC2)c1. The number of carbonyl (C=O) groups is 1. The molecular formula is C19H29NO2. The molecule has 1 saturated carbocycles. The Kier molecular flexibility index (Phi) is 5.49. The molecule has 1 aliphatic carbocycles. The zero-order chi connectivity index (χ0) is 16.3. The van der Waals surface area contributed by atoms with Crippen LogP contribution in [0.5, 0.6) is 5.75 Å². The van der Waals surface area contributed by atoms with Gasteiger partial charge >= 0.3 is 0 Å². The van der Waals surface area contributed by atoms with Gasteiger partial charge in [-0.05, 0) is 63.3 Å². The molecule has 122 valence electrons. The number of carbonyl (C=O) groups excluding carboxylic acids is 1. The number of ether oxygens (including phenoxy) is 1. The topological polar surface area (TPSA) is 29.5 Å². The van der Waals surface area contributed by atoms with Gasteiger partial charge in [0.1, 0.15) is 5.75 Å².